The van der Waals surface area contributed by atoms with E-state index in [0.717, 1.165) is 11.4 Å². The summed E-state index contributed by atoms with van der Waals surface area (Å²) in [7, 11) is 0. The van der Waals surface area contributed by atoms with Gasteiger partial charge >= 0.3 is 0 Å². The lowest BCUT2D eigenvalue weighted by Gasteiger charge is -2.13. The van der Waals surface area contributed by atoms with Gasteiger partial charge < -0.3 is 15.7 Å². The summed E-state index contributed by atoms with van der Waals surface area (Å²) in [6, 6.07) is 0. The van der Waals surface area contributed by atoms with Gasteiger partial charge in [0.05, 0.1) is 12.3 Å². The Bertz CT molecular complexity index is 574. The third-order valence-electron chi connectivity index (χ3n) is 3.22. The van der Waals surface area contributed by atoms with Crippen molar-refractivity contribution in [1.82, 2.24) is 20.0 Å². The molecule has 1 fully saturated rings. The van der Waals surface area contributed by atoms with E-state index < -0.39 is 0 Å². The average Bonchev–Trinajstić information content (AvgIpc) is 3.01. The van der Waals surface area contributed by atoms with Crippen molar-refractivity contribution in [3.63, 3.8) is 0 Å². The molecule has 0 spiro atoms. The van der Waals surface area contributed by atoms with Crippen molar-refractivity contribution < 1.29 is 9.90 Å². The van der Waals surface area contributed by atoms with Crippen LogP contribution in [0.5, 0.6) is 0 Å². The minimum absolute atomic E-state index is 0. The molecule has 1 amide bonds. The van der Waals surface area contributed by atoms with E-state index in [0.29, 0.717) is 18.8 Å². The number of aliphatic hydroxyl groups is 1. The Morgan fingerprint density at radius 1 is 1.55 bits per heavy atom. The molecule has 2 atom stereocenters. The zero-order chi connectivity index (χ0) is 12.5. The number of carbonyl (C=O) groups excluding carboxylic acids is 1. The summed E-state index contributed by atoms with van der Waals surface area (Å²) < 4.78 is 1.77. The largest absolute Gasteiger partial charge is 0.391 e. The van der Waals surface area contributed by atoms with Crippen molar-refractivity contribution in [2.24, 2.45) is 5.92 Å². The van der Waals surface area contributed by atoms with Crippen molar-refractivity contribution in [2.75, 3.05) is 19.6 Å². The molecule has 9 heteroatoms. The minimum atomic E-state index is -0.374. The molecular formula is C11H16Cl2N4O2S. The number of thiazole rings is 1. The average molecular weight is 339 g/mol. The van der Waals surface area contributed by atoms with Crippen molar-refractivity contribution in [2.45, 2.75) is 6.10 Å². The van der Waals surface area contributed by atoms with Gasteiger partial charge in [-0.3, -0.25) is 9.20 Å². The topological polar surface area (TPSA) is 78.7 Å². The van der Waals surface area contributed by atoms with Crippen molar-refractivity contribution in [3.8, 4) is 0 Å². The summed E-state index contributed by atoms with van der Waals surface area (Å²) in [5.74, 6) is -0.0378. The van der Waals surface area contributed by atoms with Gasteiger partial charge in [0, 0.05) is 30.9 Å². The molecule has 2 aromatic heterocycles. The molecule has 0 bridgehead atoms. The number of fused-ring (bicyclic) bond motifs is 1. The smallest absolute Gasteiger partial charge is 0.269 e. The molecule has 0 aliphatic carbocycles. The molecule has 0 radical (unpaired) electrons. The number of nitrogens with one attached hydrogen (secondary N) is 2. The van der Waals surface area contributed by atoms with Crippen LogP contribution in [-0.4, -0.2) is 46.1 Å². The number of aromatic nitrogens is 2. The SMILES string of the molecule is Cl.Cl.O=C(NCC1CNCC1O)c1csc2cncn12. The van der Waals surface area contributed by atoms with Gasteiger partial charge in [0.1, 0.15) is 16.9 Å². The van der Waals surface area contributed by atoms with Crippen LogP contribution in [0.25, 0.3) is 4.83 Å². The molecule has 1 saturated heterocycles. The number of imidazole rings is 1. The van der Waals surface area contributed by atoms with Crippen molar-refractivity contribution in [1.29, 1.82) is 0 Å². The molecule has 3 rings (SSSR count). The summed E-state index contributed by atoms with van der Waals surface area (Å²) in [5.41, 5.74) is 0.591. The monoisotopic (exact) mass is 338 g/mol. The number of β-amino-alcohol motifs (C(OH)–C–C–N with tert-alkyl or cyclic N) is 1. The van der Waals surface area contributed by atoms with E-state index in [-0.39, 0.29) is 42.7 Å². The zero-order valence-electron chi connectivity index (χ0n) is 10.5. The summed E-state index contributed by atoms with van der Waals surface area (Å²) in [5, 5.41) is 17.4. The molecule has 0 saturated carbocycles. The van der Waals surface area contributed by atoms with E-state index in [9.17, 15) is 9.90 Å². The predicted octanol–water partition coefficient (Wildman–Crippen LogP) is 0.549. The van der Waals surface area contributed by atoms with Crippen LogP contribution in [0, 0.1) is 5.92 Å². The highest BCUT2D eigenvalue weighted by Crippen LogP contribution is 2.15. The maximum atomic E-state index is 12.0. The van der Waals surface area contributed by atoms with E-state index in [1.165, 1.54) is 11.3 Å². The number of rotatable bonds is 3. The highest BCUT2D eigenvalue weighted by Gasteiger charge is 2.25. The van der Waals surface area contributed by atoms with Crippen LogP contribution in [0.3, 0.4) is 0 Å². The number of carbonyl (C=O) groups is 1. The first-order valence-corrected chi connectivity index (χ1v) is 6.70. The molecule has 2 unspecified atom stereocenters. The molecular weight excluding hydrogens is 323 g/mol. The number of aliphatic hydroxyl groups excluding tert-OH is 1. The fourth-order valence-electron chi connectivity index (χ4n) is 2.13. The standard InChI is InChI=1S/C11H14N4O2S.2ClH/c16-9-3-12-1-7(9)2-14-11(17)8-5-18-10-4-13-6-15(8)10;;/h4-7,9,12,16H,1-3H2,(H,14,17);2*1H. The maximum absolute atomic E-state index is 12.0. The van der Waals surface area contributed by atoms with Crippen LogP contribution in [0.1, 0.15) is 10.5 Å². The van der Waals surface area contributed by atoms with E-state index in [4.69, 9.17) is 0 Å². The van der Waals surface area contributed by atoms with Crippen LogP contribution in [-0.2, 0) is 0 Å². The predicted molar refractivity (Wildman–Crippen MR) is 82.3 cm³/mol. The Balaban J connectivity index is 0.000001000. The van der Waals surface area contributed by atoms with Crippen LogP contribution in [0.4, 0.5) is 0 Å². The lowest BCUT2D eigenvalue weighted by Crippen LogP contribution is -2.34. The quantitative estimate of drug-likeness (QED) is 0.763. The molecule has 3 N–H and O–H groups in total. The normalized spacial score (nSPS) is 21.2. The van der Waals surface area contributed by atoms with Crippen LogP contribution in [0.15, 0.2) is 17.9 Å². The fraction of sp³-hybridized carbons (Fsp3) is 0.455. The second-order valence-electron chi connectivity index (χ2n) is 4.42. The lowest BCUT2D eigenvalue weighted by molar-refractivity contribution is 0.0921. The first-order valence-electron chi connectivity index (χ1n) is 5.82. The van der Waals surface area contributed by atoms with E-state index in [2.05, 4.69) is 15.6 Å². The molecule has 2 aromatic rings. The maximum Gasteiger partial charge on any atom is 0.269 e. The van der Waals surface area contributed by atoms with Gasteiger partial charge in [-0.2, -0.15) is 0 Å². The second kappa shape index (κ2) is 7.24. The van der Waals surface area contributed by atoms with E-state index >= 15 is 0 Å². The molecule has 1 aliphatic heterocycles. The van der Waals surface area contributed by atoms with Crippen molar-refractivity contribution in [3.05, 3.63) is 23.6 Å². The third kappa shape index (κ3) is 3.24. The van der Waals surface area contributed by atoms with Crippen LogP contribution in [0.2, 0.25) is 0 Å². The first kappa shape index (κ1) is 17.2. The summed E-state index contributed by atoms with van der Waals surface area (Å²) in [4.78, 5) is 17.0. The molecule has 3 heterocycles. The van der Waals surface area contributed by atoms with Gasteiger partial charge in [-0.25, -0.2) is 4.98 Å². The van der Waals surface area contributed by atoms with E-state index in [1.807, 2.05) is 5.38 Å². The van der Waals surface area contributed by atoms with Gasteiger partial charge in [-0.05, 0) is 0 Å². The number of halogens is 2. The molecule has 112 valence electrons. The number of hydrogen-bond donors (Lipinski definition) is 3. The fourth-order valence-corrected chi connectivity index (χ4v) is 2.96. The van der Waals surface area contributed by atoms with Gasteiger partial charge in [0.15, 0.2) is 0 Å². The third-order valence-corrected chi connectivity index (χ3v) is 4.10. The Kier molecular flexibility index (Phi) is 6.22. The zero-order valence-corrected chi connectivity index (χ0v) is 12.9. The van der Waals surface area contributed by atoms with E-state index in [1.54, 1.807) is 16.9 Å². The minimum Gasteiger partial charge on any atom is -0.391 e. The Morgan fingerprint density at radius 3 is 3.05 bits per heavy atom. The second-order valence-corrected chi connectivity index (χ2v) is 5.31. The molecule has 1 aliphatic rings. The molecule has 20 heavy (non-hydrogen) atoms. The summed E-state index contributed by atoms with van der Waals surface area (Å²) >= 11 is 1.49. The molecule has 6 nitrogen and oxygen atoms in total. The first-order chi connectivity index (χ1) is 8.75. The number of hydrogen-bond acceptors (Lipinski definition) is 5. The van der Waals surface area contributed by atoms with Crippen LogP contribution >= 0.6 is 36.2 Å². The summed E-state index contributed by atoms with van der Waals surface area (Å²) in [6.45, 7) is 1.83. The van der Waals surface area contributed by atoms with Gasteiger partial charge in [-0.15, -0.1) is 36.2 Å². The molecule has 0 aromatic carbocycles. The van der Waals surface area contributed by atoms with Crippen molar-refractivity contribution >= 4 is 46.9 Å². The van der Waals surface area contributed by atoms with Gasteiger partial charge in [-0.1, -0.05) is 0 Å². The Labute approximate surface area is 132 Å². The lowest BCUT2D eigenvalue weighted by atomic mass is 10.1. The van der Waals surface area contributed by atoms with Crippen LogP contribution < -0.4 is 10.6 Å². The Hall–Kier alpha value is -0.860. The number of amides is 1. The Morgan fingerprint density at radius 2 is 2.35 bits per heavy atom. The summed E-state index contributed by atoms with van der Waals surface area (Å²) in [6.07, 6.45) is 2.99. The van der Waals surface area contributed by atoms with Gasteiger partial charge in [0.25, 0.3) is 5.91 Å². The highest BCUT2D eigenvalue weighted by molar-refractivity contribution is 7.15. The highest BCUT2D eigenvalue weighted by atomic mass is 35.5. The van der Waals surface area contributed by atoms with Gasteiger partial charge in [0.2, 0.25) is 0 Å². The number of nitrogens with zero attached hydrogens (tertiary/aromatic N) is 2.